The molecule has 1 saturated heterocycles. The monoisotopic (exact) mass is 238 g/mol. The number of aromatic nitrogens is 1. The average molecular weight is 238 g/mol. The van der Waals surface area contributed by atoms with Crippen molar-refractivity contribution in [2.45, 2.75) is 0 Å². The number of ether oxygens (including phenoxy) is 2. The van der Waals surface area contributed by atoms with Crippen LogP contribution in [-0.2, 0) is 4.74 Å². The van der Waals surface area contributed by atoms with Gasteiger partial charge in [0.05, 0.1) is 20.3 Å². The number of pyridine rings is 1. The van der Waals surface area contributed by atoms with Crippen molar-refractivity contribution in [1.29, 1.82) is 0 Å². The Bertz CT molecular complexity index is 416. The molecule has 0 aromatic carbocycles. The molecule has 0 amide bonds. The van der Waals surface area contributed by atoms with Crippen LogP contribution in [0.4, 0.5) is 5.82 Å². The van der Waals surface area contributed by atoms with Crippen molar-refractivity contribution in [3.8, 4) is 5.88 Å². The van der Waals surface area contributed by atoms with Gasteiger partial charge in [0.25, 0.3) is 0 Å². The number of aromatic carboxylic acids is 1. The standard InChI is InChI=1S/C11H14N2O4/c1-16-10-8(11(14)15)2-3-9(12-10)13-4-6-17-7-5-13/h2-3H,4-7H2,1H3,(H,14,15). The lowest BCUT2D eigenvalue weighted by atomic mass is 10.2. The number of hydrogen-bond acceptors (Lipinski definition) is 5. The fourth-order valence-corrected chi connectivity index (χ4v) is 1.72. The number of morpholine rings is 1. The predicted octanol–water partition coefficient (Wildman–Crippen LogP) is 0.625. The van der Waals surface area contributed by atoms with Crippen molar-refractivity contribution in [2.24, 2.45) is 0 Å². The van der Waals surface area contributed by atoms with Crippen molar-refractivity contribution < 1.29 is 19.4 Å². The van der Waals surface area contributed by atoms with Crippen molar-refractivity contribution in [3.05, 3.63) is 17.7 Å². The minimum atomic E-state index is -1.04. The summed E-state index contributed by atoms with van der Waals surface area (Å²) in [5.41, 5.74) is 0.0736. The van der Waals surface area contributed by atoms with E-state index < -0.39 is 5.97 Å². The predicted molar refractivity (Wildman–Crippen MR) is 60.8 cm³/mol. The van der Waals surface area contributed by atoms with E-state index in [1.54, 1.807) is 6.07 Å². The van der Waals surface area contributed by atoms with Crippen molar-refractivity contribution in [1.82, 2.24) is 4.98 Å². The van der Waals surface area contributed by atoms with Crippen LogP contribution in [0.15, 0.2) is 12.1 Å². The first-order chi connectivity index (χ1) is 8.22. The molecule has 1 N–H and O–H groups in total. The highest BCUT2D eigenvalue weighted by Crippen LogP contribution is 2.21. The Hall–Kier alpha value is -1.82. The highest BCUT2D eigenvalue weighted by atomic mass is 16.5. The minimum Gasteiger partial charge on any atom is -0.480 e. The summed E-state index contributed by atoms with van der Waals surface area (Å²) in [6.45, 7) is 2.82. The summed E-state index contributed by atoms with van der Waals surface area (Å²) < 4.78 is 10.2. The summed E-state index contributed by atoms with van der Waals surface area (Å²) in [5, 5.41) is 8.94. The Morgan fingerprint density at radius 3 is 2.76 bits per heavy atom. The summed E-state index contributed by atoms with van der Waals surface area (Å²) in [5.74, 6) is -0.181. The lowest BCUT2D eigenvalue weighted by Gasteiger charge is -2.28. The lowest BCUT2D eigenvalue weighted by molar-refractivity contribution is 0.0692. The summed E-state index contributed by atoms with van der Waals surface area (Å²) >= 11 is 0. The van der Waals surface area contributed by atoms with Gasteiger partial charge in [-0.25, -0.2) is 4.79 Å². The summed E-state index contributed by atoms with van der Waals surface area (Å²) in [7, 11) is 1.41. The number of nitrogens with zero attached hydrogens (tertiary/aromatic N) is 2. The molecular weight excluding hydrogens is 224 g/mol. The molecule has 6 heteroatoms. The van der Waals surface area contributed by atoms with Gasteiger partial charge in [-0.2, -0.15) is 4.98 Å². The van der Waals surface area contributed by atoms with Gasteiger partial charge in [-0.3, -0.25) is 0 Å². The highest BCUT2D eigenvalue weighted by molar-refractivity contribution is 5.90. The van der Waals surface area contributed by atoms with E-state index in [2.05, 4.69) is 4.98 Å². The Morgan fingerprint density at radius 1 is 1.47 bits per heavy atom. The molecule has 0 unspecified atom stereocenters. The Balaban J connectivity index is 2.27. The van der Waals surface area contributed by atoms with Crippen LogP contribution in [0, 0.1) is 0 Å². The maximum Gasteiger partial charge on any atom is 0.341 e. The van der Waals surface area contributed by atoms with Gasteiger partial charge in [0.1, 0.15) is 11.4 Å². The van der Waals surface area contributed by atoms with Gasteiger partial charge in [0, 0.05) is 13.1 Å². The van der Waals surface area contributed by atoms with Crippen LogP contribution in [0.5, 0.6) is 5.88 Å². The molecule has 2 rings (SSSR count). The van der Waals surface area contributed by atoms with Crippen molar-refractivity contribution in [3.63, 3.8) is 0 Å². The quantitative estimate of drug-likeness (QED) is 0.832. The van der Waals surface area contributed by atoms with Crippen LogP contribution in [0.25, 0.3) is 0 Å². The molecule has 2 heterocycles. The molecule has 17 heavy (non-hydrogen) atoms. The third-order valence-corrected chi connectivity index (χ3v) is 2.60. The molecule has 0 saturated carbocycles. The molecule has 1 fully saturated rings. The summed E-state index contributed by atoms with van der Waals surface area (Å²) in [6, 6.07) is 3.20. The van der Waals surface area contributed by atoms with Crippen LogP contribution >= 0.6 is 0 Å². The maximum absolute atomic E-state index is 10.9. The number of hydrogen-bond donors (Lipinski definition) is 1. The average Bonchev–Trinajstić information content (AvgIpc) is 2.39. The molecule has 0 aliphatic carbocycles. The summed E-state index contributed by atoms with van der Waals surface area (Å²) in [4.78, 5) is 17.2. The zero-order valence-electron chi connectivity index (χ0n) is 9.55. The fraction of sp³-hybridized carbons (Fsp3) is 0.455. The number of carbonyl (C=O) groups is 1. The second-order valence-corrected chi connectivity index (χ2v) is 3.63. The molecule has 0 bridgehead atoms. The van der Waals surface area contributed by atoms with Gasteiger partial charge in [0.15, 0.2) is 0 Å². The second kappa shape index (κ2) is 5.01. The normalized spacial score (nSPS) is 15.7. The number of methoxy groups -OCH3 is 1. The first-order valence-electron chi connectivity index (χ1n) is 5.33. The van der Waals surface area contributed by atoms with E-state index in [0.717, 1.165) is 18.9 Å². The molecule has 0 radical (unpaired) electrons. The molecule has 1 aliphatic heterocycles. The highest BCUT2D eigenvalue weighted by Gasteiger charge is 2.17. The third-order valence-electron chi connectivity index (χ3n) is 2.60. The Kier molecular flexibility index (Phi) is 3.43. The van der Waals surface area contributed by atoms with Gasteiger partial charge in [-0.1, -0.05) is 0 Å². The Labute approximate surface area is 98.8 Å². The molecule has 6 nitrogen and oxygen atoms in total. The largest absolute Gasteiger partial charge is 0.480 e. The number of carboxylic acid groups (broad SMARTS) is 1. The van der Waals surface area contributed by atoms with E-state index >= 15 is 0 Å². The first-order valence-corrected chi connectivity index (χ1v) is 5.33. The smallest absolute Gasteiger partial charge is 0.341 e. The third kappa shape index (κ3) is 2.47. The maximum atomic E-state index is 10.9. The van der Waals surface area contributed by atoms with E-state index in [1.807, 2.05) is 4.90 Å². The molecule has 1 aromatic heterocycles. The van der Waals surface area contributed by atoms with E-state index in [1.165, 1.54) is 13.2 Å². The number of rotatable bonds is 3. The van der Waals surface area contributed by atoms with Crippen LogP contribution < -0.4 is 9.64 Å². The number of anilines is 1. The van der Waals surface area contributed by atoms with Crippen molar-refractivity contribution in [2.75, 3.05) is 38.3 Å². The lowest BCUT2D eigenvalue weighted by Crippen LogP contribution is -2.36. The number of carboxylic acids is 1. The first kappa shape index (κ1) is 11.7. The fourth-order valence-electron chi connectivity index (χ4n) is 1.72. The topological polar surface area (TPSA) is 71.9 Å². The molecule has 1 aliphatic rings. The van der Waals surface area contributed by atoms with Crippen LogP contribution in [-0.4, -0.2) is 49.5 Å². The summed E-state index contributed by atoms with van der Waals surface area (Å²) in [6.07, 6.45) is 0. The van der Waals surface area contributed by atoms with E-state index in [0.29, 0.717) is 13.2 Å². The van der Waals surface area contributed by atoms with Crippen LogP contribution in [0.3, 0.4) is 0 Å². The van der Waals surface area contributed by atoms with Gasteiger partial charge in [0.2, 0.25) is 5.88 Å². The van der Waals surface area contributed by atoms with E-state index in [4.69, 9.17) is 14.6 Å². The van der Waals surface area contributed by atoms with Gasteiger partial charge < -0.3 is 19.5 Å². The molecule has 92 valence electrons. The van der Waals surface area contributed by atoms with Gasteiger partial charge in [-0.15, -0.1) is 0 Å². The van der Waals surface area contributed by atoms with Crippen LogP contribution in [0.2, 0.25) is 0 Å². The van der Waals surface area contributed by atoms with E-state index in [-0.39, 0.29) is 11.4 Å². The molecule has 0 atom stereocenters. The molecule has 1 aromatic rings. The van der Waals surface area contributed by atoms with Gasteiger partial charge in [-0.05, 0) is 12.1 Å². The molecular formula is C11H14N2O4. The Morgan fingerprint density at radius 2 is 2.18 bits per heavy atom. The minimum absolute atomic E-state index is 0.0736. The second-order valence-electron chi connectivity index (χ2n) is 3.63. The van der Waals surface area contributed by atoms with Crippen molar-refractivity contribution >= 4 is 11.8 Å². The zero-order chi connectivity index (χ0) is 12.3. The zero-order valence-corrected chi connectivity index (χ0v) is 9.55. The van der Waals surface area contributed by atoms with E-state index in [9.17, 15) is 4.79 Å². The SMILES string of the molecule is COc1nc(N2CCOCC2)ccc1C(=O)O. The van der Waals surface area contributed by atoms with Crippen LogP contribution in [0.1, 0.15) is 10.4 Å². The van der Waals surface area contributed by atoms with Gasteiger partial charge >= 0.3 is 5.97 Å². The molecule has 0 spiro atoms.